The number of nitrogens with one attached hydrogen (secondary N) is 1. The first kappa shape index (κ1) is 77.0. The molecule has 0 rings (SSSR count). The highest BCUT2D eigenvalue weighted by Gasteiger charge is 1.94. The zero-order valence-corrected chi connectivity index (χ0v) is 28.4. The van der Waals surface area contributed by atoms with E-state index in [1.807, 2.05) is 152 Å². The molecule has 0 radical (unpaired) electrons. The molecule has 0 atom stereocenters. The maximum absolute atomic E-state index is 10.4. The average molecular weight is 488 g/mol. The Bertz CT molecular complexity index is 172. The molecule has 0 aliphatic heterocycles. The van der Waals surface area contributed by atoms with Crippen LogP contribution in [0.5, 0.6) is 0 Å². The summed E-state index contributed by atoms with van der Waals surface area (Å²) in [6, 6.07) is 0. The van der Waals surface area contributed by atoms with E-state index in [4.69, 9.17) is 0 Å². The fourth-order valence-electron chi connectivity index (χ4n) is 0.438. The molecular formula is C29H77NO3. The fourth-order valence-corrected chi connectivity index (χ4v) is 0.438. The van der Waals surface area contributed by atoms with Gasteiger partial charge in [-0.25, -0.2) is 4.79 Å². The zero-order valence-electron chi connectivity index (χ0n) is 28.4. The molecule has 0 bridgehead atoms. The first-order chi connectivity index (χ1) is 16.2. The second-order valence-corrected chi connectivity index (χ2v) is 1.85. The lowest BCUT2D eigenvalue weighted by Gasteiger charge is -2.01. The van der Waals surface area contributed by atoms with E-state index in [1.165, 1.54) is 6.92 Å². The quantitative estimate of drug-likeness (QED) is 0.243. The Morgan fingerprint density at radius 1 is 0.576 bits per heavy atom. The van der Waals surface area contributed by atoms with E-state index in [0.717, 1.165) is 6.08 Å². The number of esters is 1. The molecule has 0 aromatic carbocycles. The fraction of sp³-hybridized carbons (Fsp3) is 0.862. The summed E-state index contributed by atoms with van der Waals surface area (Å²) in [5.41, 5.74) is 0. The van der Waals surface area contributed by atoms with Crippen LogP contribution in [0.4, 0.5) is 0 Å². The summed E-state index contributed by atoms with van der Waals surface area (Å²) >= 11 is 0. The molecule has 0 aliphatic carbocycles. The van der Waals surface area contributed by atoms with Crippen LogP contribution >= 0.6 is 0 Å². The van der Waals surface area contributed by atoms with Gasteiger partial charge in [-0.05, 0) is 0 Å². The number of ether oxygens (including phenoxy) is 1. The van der Waals surface area contributed by atoms with Crippen LogP contribution in [-0.4, -0.2) is 25.0 Å². The minimum absolute atomic E-state index is 0.139. The smallest absolute Gasteiger partial charge is 0.330 e. The van der Waals surface area contributed by atoms with E-state index in [-0.39, 0.29) is 12.5 Å². The van der Waals surface area contributed by atoms with Gasteiger partial charge in [0.15, 0.2) is 0 Å². The SMILES string of the molecule is C=CC(=O)OCCNC(C)=O.CC.CC.CC.CC.CC.CC.CC.CC.CC.CC.CC. The molecular weight excluding hydrogens is 410 g/mol. The summed E-state index contributed by atoms with van der Waals surface area (Å²) in [5.74, 6) is -0.616. The normalized spacial score (nSPS) is 4.82. The van der Waals surface area contributed by atoms with E-state index in [0.29, 0.717) is 6.54 Å². The van der Waals surface area contributed by atoms with E-state index in [2.05, 4.69) is 16.6 Å². The van der Waals surface area contributed by atoms with E-state index in [1.54, 1.807) is 0 Å². The second kappa shape index (κ2) is 288. The third-order valence-electron chi connectivity index (χ3n) is 0.887. The zero-order chi connectivity index (χ0) is 30.7. The van der Waals surface area contributed by atoms with Crippen molar-refractivity contribution in [2.45, 2.75) is 159 Å². The van der Waals surface area contributed by atoms with Crippen LogP contribution in [0.2, 0.25) is 0 Å². The third-order valence-corrected chi connectivity index (χ3v) is 0.887. The van der Waals surface area contributed by atoms with Crippen molar-refractivity contribution in [1.82, 2.24) is 5.32 Å². The largest absolute Gasteiger partial charge is 0.461 e. The van der Waals surface area contributed by atoms with Crippen LogP contribution in [-0.2, 0) is 14.3 Å². The molecule has 1 N–H and O–H groups in total. The second-order valence-electron chi connectivity index (χ2n) is 1.85. The van der Waals surface area contributed by atoms with Gasteiger partial charge < -0.3 is 10.1 Å². The number of amides is 1. The maximum Gasteiger partial charge on any atom is 0.330 e. The van der Waals surface area contributed by atoms with Gasteiger partial charge in [-0.1, -0.05) is 159 Å². The predicted octanol–water partition coefficient (Wildman–Crippen LogP) is 11.1. The van der Waals surface area contributed by atoms with Gasteiger partial charge in [-0.3, -0.25) is 4.79 Å². The molecule has 0 saturated carbocycles. The monoisotopic (exact) mass is 488 g/mol. The summed E-state index contributed by atoms with van der Waals surface area (Å²) in [4.78, 5) is 20.7. The Morgan fingerprint density at radius 3 is 0.939 bits per heavy atom. The summed E-state index contributed by atoms with van der Waals surface area (Å²) in [5, 5.41) is 2.47. The van der Waals surface area contributed by atoms with Crippen LogP contribution in [0.3, 0.4) is 0 Å². The highest BCUT2D eigenvalue weighted by molar-refractivity contribution is 5.81. The molecule has 4 heteroatoms. The van der Waals surface area contributed by atoms with Gasteiger partial charge in [-0.15, -0.1) is 0 Å². The Kier molecular flexibility index (Phi) is 673. The minimum Gasteiger partial charge on any atom is -0.461 e. The van der Waals surface area contributed by atoms with Crippen molar-refractivity contribution >= 4 is 11.9 Å². The predicted molar refractivity (Wildman–Crippen MR) is 165 cm³/mol. The molecule has 0 aliphatic rings. The summed E-state index contributed by atoms with van der Waals surface area (Å²) < 4.78 is 4.57. The number of hydrogen-bond donors (Lipinski definition) is 1. The number of rotatable bonds is 4. The highest BCUT2D eigenvalue weighted by atomic mass is 16.5. The van der Waals surface area contributed by atoms with E-state index in [9.17, 15) is 9.59 Å². The van der Waals surface area contributed by atoms with Crippen molar-refractivity contribution < 1.29 is 14.3 Å². The Labute approximate surface area is 216 Å². The van der Waals surface area contributed by atoms with Crippen LogP contribution in [0.25, 0.3) is 0 Å². The van der Waals surface area contributed by atoms with Gasteiger partial charge in [-0.2, -0.15) is 0 Å². The van der Waals surface area contributed by atoms with Gasteiger partial charge in [0.2, 0.25) is 5.91 Å². The van der Waals surface area contributed by atoms with E-state index < -0.39 is 5.97 Å². The lowest BCUT2D eigenvalue weighted by Crippen LogP contribution is -2.25. The summed E-state index contributed by atoms with van der Waals surface area (Å²) in [6.45, 7) is 49.1. The highest BCUT2D eigenvalue weighted by Crippen LogP contribution is 1.76. The molecule has 0 spiro atoms. The van der Waals surface area contributed by atoms with E-state index >= 15 is 0 Å². The van der Waals surface area contributed by atoms with Crippen molar-refractivity contribution in [2.75, 3.05) is 13.2 Å². The van der Waals surface area contributed by atoms with Crippen molar-refractivity contribution in [3.63, 3.8) is 0 Å². The molecule has 33 heavy (non-hydrogen) atoms. The van der Waals surface area contributed by atoms with Gasteiger partial charge in [0.05, 0.1) is 6.54 Å². The van der Waals surface area contributed by atoms with Crippen molar-refractivity contribution in [2.24, 2.45) is 0 Å². The molecule has 0 fully saturated rings. The molecule has 0 aromatic rings. The minimum atomic E-state index is -0.477. The Hall–Kier alpha value is -1.32. The first-order valence-electron chi connectivity index (χ1n) is 14.2. The Morgan fingerprint density at radius 2 is 0.788 bits per heavy atom. The van der Waals surface area contributed by atoms with Gasteiger partial charge in [0, 0.05) is 13.0 Å². The number of carbonyl (C=O) groups is 2. The molecule has 0 saturated heterocycles. The van der Waals surface area contributed by atoms with Gasteiger partial charge in [0.25, 0.3) is 0 Å². The molecule has 4 nitrogen and oxygen atoms in total. The molecule has 216 valence electrons. The summed E-state index contributed by atoms with van der Waals surface area (Å²) in [7, 11) is 0. The lowest BCUT2D eigenvalue weighted by molar-refractivity contribution is -0.138. The van der Waals surface area contributed by atoms with Crippen molar-refractivity contribution in [3.05, 3.63) is 12.7 Å². The molecule has 0 heterocycles. The maximum atomic E-state index is 10.4. The topological polar surface area (TPSA) is 55.4 Å². The van der Waals surface area contributed by atoms with Crippen molar-refractivity contribution in [1.29, 1.82) is 0 Å². The average Bonchev–Trinajstić information content (AvgIpc) is 2.98. The lowest BCUT2D eigenvalue weighted by atomic mass is 10.6. The van der Waals surface area contributed by atoms with Gasteiger partial charge in [0.1, 0.15) is 6.61 Å². The third kappa shape index (κ3) is 428. The van der Waals surface area contributed by atoms with Crippen LogP contribution < -0.4 is 5.32 Å². The molecule has 1 amide bonds. The molecule has 0 aromatic heterocycles. The Balaban J connectivity index is -0.0000000170. The van der Waals surface area contributed by atoms with Crippen LogP contribution in [0.15, 0.2) is 12.7 Å². The first-order valence-corrected chi connectivity index (χ1v) is 14.2. The van der Waals surface area contributed by atoms with Crippen LogP contribution in [0, 0.1) is 0 Å². The van der Waals surface area contributed by atoms with Crippen LogP contribution in [0.1, 0.15) is 159 Å². The number of carbonyl (C=O) groups excluding carboxylic acids is 2. The molecule has 0 unspecified atom stereocenters. The summed E-state index contributed by atoms with van der Waals surface area (Å²) in [6.07, 6.45) is 1.08. The number of hydrogen-bond acceptors (Lipinski definition) is 3. The van der Waals surface area contributed by atoms with Crippen molar-refractivity contribution in [3.8, 4) is 0 Å². The van der Waals surface area contributed by atoms with Gasteiger partial charge >= 0.3 is 5.97 Å². The standard InChI is InChI=1S/C7H11NO3.11C2H6/c1-3-7(10)11-5-4-8-6(2)9;11*1-2/h3H,1,4-5H2,2H3,(H,8,9);11*1-2H3.